The van der Waals surface area contributed by atoms with Crippen molar-refractivity contribution < 1.29 is 26.2 Å². The molecule has 0 bridgehead atoms. The van der Waals surface area contributed by atoms with Crippen LogP contribution < -0.4 is 0 Å². The van der Waals surface area contributed by atoms with Gasteiger partial charge in [-0.15, -0.1) is 0 Å². The predicted octanol–water partition coefficient (Wildman–Crippen LogP) is 4.66. The molecule has 2 rings (SSSR count). The Bertz CT molecular complexity index is 375. The Morgan fingerprint density at radius 2 is 1.00 bits per heavy atom. The molecule has 2 aromatic carbocycles. The van der Waals surface area contributed by atoms with Gasteiger partial charge >= 0.3 is 26.2 Å². The summed E-state index contributed by atoms with van der Waals surface area (Å²) >= 11 is 0. The normalized spacial score (nSPS) is 9.29. The number of hydrogen-bond donors (Lipinski definition) is 0. The average molecular weight is 306 g/mol. The summed E-state index contributed by atoms with van der Waals surface area (Å²) in [5.41, 5.74) is 8.37. The summed E-state index contributed by atoms with van der Waals surface area (Å²) in [6.45, 7) is 12.8. The van der Waals surface area contributed by atoms with Crippen molar-refractivity contribution in [3.8, 4) is 0 Å². The fourth-order valence-electron chi connectivity index (χ4n) is 1.90. The van der Waals surface area contributed by atoms with Crippen LogP contribution in [0.3, 0.4) is 0 Å². The molecule has 0 atom stereocenters. The molecule has 0 saturated heterocycles. The van der Waals surface area contributed by atoms with Crippen molar-refractivity contribution in [1.29, 1.82) is 0 Å². The zero-order chi connectivity index (χ0) is 12.3. The van der Waals surface area contributed by atoms with Crippen molar-refractivity contribution in [2.24, 2.45) is 0 Å². The molecule has 0 N–H and O–H groups in total. The summed E-state index contributed by atoms with van der Waals surface area (Å²) in [7, 11) is 0. The summed E-state index contributed by atoms with van der Waals surface area (Å²) < 4.78 is 0. The predicted molar refractivity (Wildman–Crippen MR) is 72.5 cm³/mol. The van der Waals surface area contributed by atoms with E-state index >= 15 is 0 Å². The largest absolute Gasteiger partial charge is 4.00 e. The number of rotatable bonds is 0. The van der Waals surface area contributed by atoms with Gasteiger partial charge in [0.25, 0.3) is 0 Å². The van der Waals surface area contributed by atoms with E-state index in [0.717, 1.165) is 0 Å². The molecule has 2 aromatic rings. The van der Waals surface area contributed by atoms with Crippen LogP contribution >= 0.6 is 0 Å². The Kier molecular flexibility index (Phi) is 6.94. The van der Waals surface area contributed by atoms with Crippen LogP contribution in [-0.2, 0) is 26.2 Å². The van der Waals surface area contributed by atoms with Crippen LogP contribution in [0.5, 0.6) is 0 Å². The molecule has 88 valence electrons. The molecule has 0 amide bonds. The summed E-state index contributed by atoms with van der Waals surface area (Å²) in [5.74, 6) is 0. The maximum atomic E-state index is 2.20. The summed E-state index contributed by atoms with van der Waals surface area (Å²) in [4.78, 5) is 0. The van der Waals surface area contributed by atoms with Crippen molar-refractivity contribution >= 4 is 0 Å². The van der Waals surface area contributed by atoms with Crippen LogP contribution in [0.2, 0.25) is 0 Å². The topological polar surface area (TPSA) is 0 Å². The molecule has 0 aliphatic carbocycles. The van der Waals surface area contributed by atoms with Gasteiger partial charge in [-0.3, -0.25) is 0 Å². The van der Waals surface area contributed by atoms with Crippen LogP contribution in [-0.4, -0.2) is 0 Å². The van der Waals surface area contributed by atoms with Gasteiger partial charge < -0.3 is 0 Å². The van der Waals surface area contributed by atoms with Gasteiger partial charge in [0.1, 0.15) is 0 Å². The molecule has 0 aliphatic heterocycles. The molecule has 0 spiro atoms. The SMILES string of the molecule is Cc1cc(C)[c-](C)c1.Cc1cc(C)[c-](C)c1.[Zr+4]. The van der Waals surface area contributed by atoms with Crippen LogP contribution in [0, 0.1) is 41.5 Å². The van der Waals surface area contributed by atoms with Gasteiger partial charge in [-0.2, -0.15) is 34.4 Å². The van der Waals surface area contributed by atoms with Gasteiger partial charge in [-0.1, -0.05) is 41.5 Å². The van der Waals surface area contributed by atoms with Crippen molar-refractivity contribution in [3.05, 3.63) is 57.6 Å². The van der Waals surface area contributed by atoms with Gasteiger partial charge in [-0.25, -0.2) is 23.3 Å². The molecule has 0 fully saturated rings. The van der Waals surface area contributed by atoms with Gasteiger partial charge in [0.05, 0.1) is 0 Å². The Morgan fingerprint density at radius 1 is 0.706 bits per heavy atom. The first-order valence-electron chi connectivity index (χ1n) is 5.81. The third-order valence-electron chi connectivity index (χ3n) is 3.02. The van der Waals surface area contributed by atoms with E-state index in [1.807, 2.05) is 0 Å². The minimum atomic E-state index is 0. The Labute approximate surface area is 125 Å². The van der Waals surface area contributed by atoms with Gasteiger partial charge in [0.2, 0.25) is 0 Å². The third kappa shape index (κ3) is 5.17. The van der Waals surface area contributed by atoms with Crippen molar-refractivity contribution in [2.75, 3.05) is 0 Å². The maximum absolute atomic E-state index is 2.20. The zero-order valence-corrected chi connectivity index (χ0v) is 14.3. The smallest absolute Gasteiger partial charge is 0.208 e. The fourth-order valence-corrected chi connectivity index (χ4v) is 1.90. The fraction of sp³-hybridized carbons (Fsp3) is 0.375. The minimum Gasteiger partial charge on any atom is -0.208 e. The van der Waals surface area contributed by atoms with Crippen LogP contribution in [0.25, 0.3) is 0 Å². The number of hydrogen-bond acceptors (Lipinski definition) is 0. The first kappa shape index (κ1) is 16.6. The molecule has 0 radical (unpaired) electrons. The molecule has 17 heavy (non-hydrogen) atoms. The molecule has 0 heterocycles. The second-order valence-corrected chi connectivity index (χ2v) is 4.80. The van der Waals surface area contributed by atoms with E-state index in [0.29, 0.717) is 0 Å². The van der Waals surface area contributed by atoms with Gasteiger partial charge in [-0.05, 0) is 0 Å². The van der Waals surface area contributed by atoms with Crippen LogP contribution in [0.1, 0.15) is 33.4 Å². The standard InChI is InChI=1S/2C8H11.Zr/c2*1-6-4-7(2)8(3)5-6;/h2*4-5H,1-3H3;/q2*-1;+4. The zero-order valence-electron chi connectivity index (χ0n) is 11.8. The first-order valence-corrected chi connectivity index (χ1v) is 5.81. The summed E-state index contributed by atoms with van der Waals surface area (Å²) in [6.07, 6.45) is 0. The molecule has 1 heteroatoms. The van der Waals surface area contributed by atoms with E-state index in [1.54, 1.807) is 0 Å². The van der Waals surface area contributed by atoms with E-state index in [9.17, 15) is 0 Å². The van der Waals surface area contributed by atoms with Crippen molar-refractivity contribution in [3.63, 3.8) is 0 Å². The van der Waals surface area contributed by atoms with E-state index in [2.05, 4.69) is 65.8 Å². The summed E-state index contributed by atoms with van der Waals surface area (Å²) in [6, 6.07) is 8.81. The summed E-state index contributed by atoms with van der Waals surface area (Å²) in [5, 5.41) is 0. The quantitative estimate of drug-likeness (QED) is 0.621. The monoisotopic (exact) mass is 304 g/mol. The second kappa shape index (κ2) is 7.11. The molecule has 0 aromatic heterocycles. The molecule has 0 aliphatic rings. The van der Waals surface area contributed by atoms with E-state index in [4.69, 9.17) is 0 Å². The van der Waals surface area contributed by atoms with Crippen LogP contribution in [0.4, 0.5) is 0 Å². The Hall–Kier alpha value is -0.417. The second-order valence-electron chi connectivity index (χ2n) is 4.80. The first-order chi connectivity index (χ1) is 7.40. The molecule has 0 saturated carbocycles. The molecule has 0 nitrogen and oxygen atoms in total. The average Bonchev–Trinajstić information content (AvgIpc) is 2.58. The molecular weight excluding hydrogens is 283 g/mol. The molecule has 0 unspecified atom stereocenters. The van der Waals surface area contributed by atoms with Crippen molar-refractivity contribution in [1.82, 2.24) is 0 Å². The van der Waals surface area contributed by atoms with E-state index in [-0.39, 0.29) is 26.2 Å². The van der Waals surface area contributed by atoms with E-state index < -0.39 is 0 Å². The Balaban J connectivity index is 0.000000284. The molecular formula is C16H22Zr+2. The van der Waals surface area contributed by atoms with Crippen molar-refractivity contribution in [2.45, 2.75) is 41.5 Å². The minimum absolute atomic E-state index is 0. The maximum Gasteiger partial charge on any atom is 4.00 e. The van der Waals surface area contributed by atoms with Gasteiger partial charge in [0.15, 0.2) is 0 Å². The van der Waals surface area contributed by atoms with Gasteiger partial charge in [0, 0.05) is 0 Å². The van der Waals surface area contributed by atoms with Crippen LogP contribution in [0.15, 0.2) is 24.3 Å². The third-order valence-corrected chi connectivity index (χ3v) is 3.02. The van der Waals surface area contributed by atoms with E-state index in [1.165, 1.54) is 33.4 Å². The Morgan fingerprint density at radius 3 is 1.06 bits per heavy atom. The number of aryl methyl sites for hydroxylation is 6.